The molecule has 0 saturated heterocycles. The van der Waals surface area contributed by atoms with Crippen LogP contribution < -0.4 is 5.63 Å². The summed E-state index contributed by atoms with van der Waals surface area (Å²) in [7, 11) is 0. The quantitative estimate of drug-likeness (QED) is 0.321. The molecule has 4 rings (SSSR count). The molecule has 2 aromatic carbocycles. The van der Waals surface area contributed by atoms with Crippen LogP contribution in [0.25, 0.3) is 0 Å². The van der Waals surface area contributed by atoms with Crippen molar-refractivity contribution in [2.24, 2.45) is 0 Å². The second kappa shape index (κ2) is 8.65. The average Bonchev–Trinajstić information content (AvgIpc) is 3.24. The minimum absolute atomic E-state index is 0.308. The zero-order valence-corrected chi connectivity index (χ0v) is 23.8. The Morgan fingerprint density at radius 1 is 0.710 bits per heavy atom. The monoisotopic (exact) mass is 618 g/mol. The van der Waals surface area contributed by atoms with E-state index in [2.05, 4.69) is 96.0 Å². The van der Waals surface area contributed by atoms with Gasteiger partial charge in [-0.05, 0) is 0 Å². The Labute approximate surface area is 207 Å². The molecular formula is C26H26Br2O2Zr. The third kappa shape index (κ3) is 3.92. The molecule has 160 valence electrons. The third-order valence-electron chi connectivity index (χ3n) is 6.67. The molecule has 31 heavy (non-hydrogen) atoms. The van der Waals surface area contributed by atoms with E-state index in [4.69, 9.17) is 5.63 Å². The summed E-state index contributed by atoms with van der Waals surface area (Å²) in [6.07, 6.45) is 13.3. The van der Waals surface area contributed by atoms with Crippen LogP contribution in [0, 0.1) is 0 Å². The van der Waals surface area contributed by atoms with Gasteiger partial charge in [0.05, 0.1) is 0 Å². The van der Waals surface area contributed by atoms with Crippen LogP contribution in [0.1, 0.15) is 27.7 Å². The van der Waals surface area contributed by atoms with Crippen molar-refractivity contribution in [3.63, 3.8) is 0 Å². The van der Waals surface area contributed by atoms with Crippen molar-refractivity contribution in [2.45, 2.75) is 33.9 Å². The van der Waals surface area contributed by atoms with Crippen molar-refractivity contribution in [2.75, 3.05) is 0 Å². The van der Waals surface area contributed by atoms with E-state index in [1.165, 1.54) is 11.1 Å². The van der Waals surface area contributed by atoms with Gasteiger partial charge in [-0.3, -0.25) is 0 Å². The van der Waals surface area contributed by atoms with Crippen LogP contribution in [0.2, 0.25) is 6.25 Å². The number of allylic oxidation sites excluding steroid dienone is 8. The third-order valence-corrected chi connectivity index (χ3v) is 19.7. The van der Waals surface area contributed by atoms with E-state index in [0.717, 1.165) is 20.4 Å². The van der Waals surface area contributed by atoms with Gasteiger partial charge in [0.1, 0.15) is 0 Å². The molecule has 0 radical (unpaired) electrons. The molecule has 2 unspecified atom stereocenters. The van der Waals surface area contributed by atoms with E-state index >= 15 is 0 Å². The number of hydrogen-bond acceptors (Lipinski definition) is 2. The van der Waals surface area contributed by atoms with Crippen LogP contribution in [0.4, 0.5) is 0 Å². The molecule has 0 bridgehead atoms. The Morgan fingerprint density at radius 2 is 1.13 bits per heavy atom. The van der Waals surface area contributed by atoms with Gasteiger partial charge in [-0.15, -0.1) is 0 Å². The van der Waals surface area contributed by atoms with E-state index in [1.807, 2.05) is 48.5 Å². The Bertz CT molecular complexity index is 1040. The average molecular weight is 622 g/mol. The molecular weight excluding hydrogens is 595 g/mol. The number of rotatable bonds is 6. The standard InChI is InChI=1S/2C7H9.2C6H5BrO.Zr/c2*1-6-4-3-5-7(6)2;2*7-5-2-1-3-6(8)4-5;/h2*3-5H,1-2H3;2*1-4,8H;/q;;;;+2/p-2. The van der Waals surface area contributed by atoms with Gasteiger partial charge in [-0.1, -0.05) is 0 Å². The maximum atomic E-state index is 7.20. The van der Waals surface area contributed by atoms with Gasteiger partial charge in [-0.25, -0.2) is 0 Å². The molecule has 0 heterocycles. The summed E-state index contributed by atoms with van der Waals surface area (Å²) >= 11 is 2.96. The Morgan fingerprint density at radius 3 is 1.45 bits per heavy atom. The molecule has 2 aromatic rings. The molecule has 0 aliphatic heterocycles. The maximum absolute atomic E-state index is 7.20. The van der Waals surface area contributed by atoms with Crippen LogP contribution in [0.15, 0.2) is 105 Å². The predicted octanol–water partition coefficient (Wildman–Crippen LogP) is 9.04. The summed E-state index contributed by atoms with van der Waals surface area (Å²) in [6.45, 7) is 8.97. The molecule has 5 heteroatoms. The molecule has 0 saturated carbocycles. The Balaban J connectivity index is 1.98. The van der Waals surface area contributed by atoms with Crippen molar-refractivity contribution in [1.29, 1.82) is 0 Å². The van der Waals surface area contributed by atoms with Crippen molar-refractivity contribution >= 4 is 31.9 Å². The van der Waals surface area contributed by atoms with Gasteiger partial charge < -0.3 is 0 Å². The van der Waals surface area contributed by atoms with Crippen molar-refractivity contribution < 1.29 is 26.8 Å². The fraction of sp³-hybridized carbons (Fsp3) is 0.231. The summed E-state index contributed by atoms with van der Waals surface area (Å²) in [5, 5.41) is 0. The summed E-state index contributed by atoms with van der Waals surface area (Å²) < 4.78 is 15.8. The van der Waals surface area contributed by atoms with Crippen molar-refractivity contribution in [3.8, 4) is 11.5 Å². The van der Waals surface area contributed by atoms with Crippen LogP contribution in [-0.4, -0.2) is 0 Å². The van der Waals surface area contributed by atoms with Crippen LogP contribution >= 0.6 is 31.9 Å². The van der Waals surface area contributed by atoms with E-state index in [1.54, 1.807) is 0 Å². The first-order valence-electron chi connectivity index (χ1n) is 10.3. The topological polar surface area (TPSA) is 18.5 Å². The van der Waals surface area contributed by atoms with Crippen LogP contribution in [0.3, 0.4) is 0 Å². The van der Waals surface area contributed by atoms with Gasteiger partial charge in [-0.2, -0.15) is 0 Å². The fourth-order valence-corrected chi connectivity index (χ4v) is 16.9. The van der Waals surface area contributed by atoms with E-state index in [9.17, 15) is 0 Å². The number of halogens is 2. The first kappa shape index (κ1) is 23.0. The second-order valence-electron chi connectivity index (χ2n) is 8.56. The van der Waals surface area contributed by atoms with Crippen molar-refractivity contribution in [3.05, 3.63) is 105 Å². The summed E-state index contributed by atoms with van der Waals surface area (Å²) in [5.74, 6) is 1.67. The van der Waals surface area contributed by atoms with Crippen molar-refractivity contribution in [1.82, 2.24) is 0 Å². The molecule has 0 spiro atoms. The Kier molecular flexibility index (Phi) is 6.42. The van der Waals surface area contributed by atoms with Crippen LogP contribution in [-0.2, 0) is 21.1 Å². The zero-order valence-electron chi connectivity index (χ0n) is 18.2. The second-order valence-corrected chi connectivity index (χ2v) is 19.5. The summed E-state index contributed by atoms with van der Waals surface area (Å²) in [5.41, 5.74) is 2.56. The zero-order chi connectivity index (χ0) is 22.3. The molecule has 0 amide bonds. The molecule has 0 aromatic heterocycles. The molecule has 2 aliphatic rings. The normalized spacial score (nSPS) is 24.8. The Hall–Kier alpha value is -1.16. The van der Waals surface area contributed by atoms with E-state index in [-0.39, 0.29) is 6.25 Å². The minimum atomic E-state index is -4.26. The number of hydrogen-bond donors (Lipinski definition) is 0. The van der Waals surface area contributed by atoms with Gasteiger partial charge in [0.2, 0.25) is 0 Å². The molecule has 2 aliphatic carbocycles. The summed E-state index contributed by atoms with van der Waals surface area (Å²) in [4.78, 5) is 0. The van der Waals surface area contributed by atoms with Gasteiger partial charge in [0, 0.05) is 0 Å². The van der Waals surface area contributed by atoms with Gasteiger partial charge in [0.15, 0.2) is 0 Å². The van der Waals surface area contributed by atoms with E-state index < -0.39 is 21.1 Å². The molecule has 0 N–H and O–H groups in total. The fourth-order valence-electron chi connectivity index (χ4n) is 4.49. The van der Waals surface area contributed by atoms with Crippen LogP contribution in [0.5, 0.6) is 11.5 Å². The first-order valence-corrected chi connectivity index (χ1v) is 16.4. The van der Waals surface area contributed by atoms with E-state index in [0.29, 0.717) is 0 Å². The SMILES string of the molecule is CC1=CC=C[C]1(C)[Zr]([O]c1cccc(Br)c1)([O]c1cccc(Br)c1)[C]1(C)C=CC=C1C. The first-order chi connectivity index (χ1) is 14.7. The van der Waals surface area contributed by atoms with Gasteiger partial charge in [0.25, 0.3) is 0 Å². The molecule has 2 atom stereocenters. The number of benzene rings is 2. The predicted molar refractivity (Wildman–Crippen MR) is 132 cm³/mol. The molecule has 0 fully saturated rings. The molecule has 2 nitrogen and oxygen atoms in total. The summed E-state index contributed by atoms with van der Waals surface area (Å²) in [6, 6.07) is 16.2. The van der Waals surface area contributed by atoms with Gasteiger partial charge >= 0.3 is 209 Å².